The molecular weight excluding hydrogens is 350 g/mol. The monoisotopic (exact) mass is 375 g/mol. The Bertz CT molecular complexity index is 1020. The number of benzene rings is 1. The number of hydrogen-bond donors (Lipinski definition) is 0. The summed E-state index contributed by atoms with van der Waals surface area (Å²) < 4.78 is 8.42. The van der Waals surface area contributed by atoms with Crippen molar-refractivity contribution in [3.63, 3.8) is 0 Å². The van der Waals surface area contributed by atoms with Gasteiger partial charge in [0.05, 0.1) is 16.9 Å². The Morgan fingerprint density at radius 2 is 1.81 bits per heavy atom. The van der Waals surface area contributed by atoms with Gasteiger partial charge in [-0.15, -0.1) is 0 Å². The third kappa shape index (κ3) is 3.69. The van der Waals surface area contributed by atoms with E-state index in [1.165, 1.54) is 0 Å². The highest BCUT2D eigenvalue weighted by atomic mass is 28.2. The molecule has 138 valence electrons. The number of fused-ring (bicyclic) bond motifs is 1. The molecule has 4 nitrogen and oxygen atoms in total. The number of rotatable bonds is 4. The summed E-state index contributed by atoms with van der Waals surface area (Å²) in [6.45, 7) is 10.7. The number of aryl methyl sites for hydroxylation is 1. The molecule has 0 amide bonds. The van der Waals surface area contributed by atoms with E-state index in [1.807, 2.05) is 43.6 Å². The van der Waals surface area contributed by atoms with Crippen molar-refractivity contribution in [3.05, 3.63) is 53.9 Å². The van der Waals surface area contributed by atoms with Gasteiger partial charge in [-0.05, 0) is 36.6 Å². The lowest BCUT2D eigenvalue weighted by Gasteiger charge is -2.31. The zero-order valence-corrected chi connectivity index (χ0v) is 17.8. The standard InChI is InChI=1S/C22H25N3OSi/c1-21(2,3)27-26-22(4,5)18-11-12-24-14-17(18)20-16(13-23)15-9-7-8-10-19(15)25(20)6/h7-12,14H,1-6H3. The summed E-state index contributed by atoms with van der Waals surface area (Å²) in [5, 5.41) is 10.9. The molecule has 0 saturated carbocycles. The highest BCUT2D eigenvalue weighted by Gasteiger charge is 2.30. The summed E-state index contributed by atoms with van der Waals surface area (Å²) >= 11 is 0. The molecule has 0 atom stereocenters. The number of hydrogen-bond acceptors (Lipinski definition) is 3. The van der Waals surface area contributed by atoms with Crippen LogP contribution in [0.1, 0.15) is 45.7 Å². The second-order valence-corrected chi connectivity index (χ2v) is 10.2. The van der Waals surface area contributed by atoms with Crippen molar-refractivity contribution in [1.29, 1.82) is 5.26 Å². The summed E-state index contributed by atoms with van der Waals surface area (Å²) in [5.74, 6) is 0. The van der Waals surface area contributed by atoms with Gasteiger partial charge in [0.1, 0.15) is 6.07 Å². The third-order valence-electron chi connectivity index (χ3n) is 4.56. The first-order chi connectivity index (χ1) is 12.7. The Morgan fingerprint density at radius 1 is 1.11 bits per heavy atom. The van der Waals surface area contributed by atoms with Crippen molar-refractivity contribution in [2.24, 2.45) is 7.05 Å². The van der Waals surface area contributed by atoms with E-state index in [9.17, 15) is 5.26 Å². The average Bonchev–Trinajstić information content (AvgIpc) is 2.92. The molecular formula is C22H25N3OSi. The Hall–Kier alpha value is -2.42. The Kier molecular flexibility index (Phi) is 4.98. The van der Waals surface area contributed by atoms with Crippen molar-refractivity contribution in [2.75, 3.05) is 0 Å². The minimum atomic E-state index is -0.493. The van der Waals surface area contributed by atoms with Gasteiger partial charge in [-0.2, -0.15) is 5.26 Å². The summed E-state index contributed by atoms with van der Waals surface area (Å²) in [6.07, 6.45) is 3.63. The number of pyridine rings is 1. The second kappa shape index (κ2) is 6.95. The maximum absolute atomic E-state index is 9.88. The molecule has 0 unspecified atom stereocenters. The molecule has 5 heteroatoms. The van der Waals surface area contributed by atoms with Crippen LogP contribution in [0.25, 0.3) is 22.2 Å². The van der Waals surface area contributed by atoms with Gasteiger partial charge in [0.2, 0.25) is 9.76 Å². The topological polar surface area (TPSA) is 50.8 Å². The third-order valence-corrected chi connectivity index (χ3v) is 5.78. The van der Waals surface area contributed by atoms with Crippen LogP contribution in [-0.2, 0) is 17.1 Å². The maximum Gasteiger partial charge on any atom is 0.236 e. The van der Waals surface area contributed by atoms with Crippen LogP contribution >= 0.6 is 0 Å². The first kappa shape index (κ1) is 19.3. The molecule has 2 aromatic heterocycles. The normalized spacial score (nSPS) is 12.3. The van der Waals surface area contributed by atoms with Crippen molar-refractivity contribution >= 4 is 20.7 Å². The highest BCUT2D eigenvalue weighted by Crippen LogP contribution is 2.39. The number of aromatic nitrogens is 2. The summed E-state index contributed by atoms with van der Waals surface area (Å²) in [5.41, 5.74) is 4.09. The van der Waals surface area contributed by atoms with E-state index in [2.05, 4.69) is 50.2 Å². The first-order valence-corrected chi connectivity index (χ1v) is 9.94. The molecule has 0 spiro atoms. The highest BCUT2D eigenvalue weighted by molar-refractivity contribution is 6.31. The van der Waals surface area contributed by atoms with Gasteiger partial charge in [0.25, 0.3) is 0 Å². The fourth-order valence-electron chi connectivity index (χ4n) is 3.27. The van der Waals surface area contributed by atoms with E-state index >= 15 is 0 Å². The molecule has 3 rings (SSSR count). The number of nitrogens with zero attached hydrogens (tertiary/aromatic N) is 3. The van der Waals surface area contributed by atoms with Crippen molar-refractivity contribution < 1.29 is 4.43 Å². The lowest BCUT2D eigenvalue weighted by molar-refractivity contribution is 0.110. The molecule has 0 aliphatic carbocycles. The largest absolute Gasteiger partial charge is 0.408 e. The van der Waals surface area contributed by atoms with E-state index in [1.54, 1.807) is 6.20 Å². The van der Waals surface area contributed by atoms with Crippen molar-refractivity contribution in [1.82, 2.24) is 9.55 Å². The van der Waals surface area contributed by atoms with Gasteiger partial charge in [0, 0.05) is 35.9 Å². The predicted molar refractivity (Wildman–Crippen MR) is 110 cm³/mol. The van der Waals surface area contributed by atoms with E-state index in [0.29, 0.717) is 15.3 Å². The van der Waals surface area contributed by atoms with Crippen molar-refractivity contribution in [2.45, 2.75) is 45.3 Å². The molecule has 0 bridgehead atoms. The quantitative estimate of drug-likeness (QED) is 0.589. The van der Waals surface area contributed by atoms with Crippen LogP contribution in [0.5, 0.6) is 0 Å². The molecule has 0 aliphatic heterocycles. The average molecular weight is 376 g/mol. The summed E-state index contributed by atoms with van der Waals surface area (Å²) in [7, 11) is 2.37. The number of nitriles is 1. The fourth-order valence-corrected chi connectivity index (χ4v) is 3.94. The first-order valence-electron chi connectivity index (χ1n) is 9.03. The SMILES string of the molecule is Cn1c(-c2cnccc2C(C)(C)O[Si]C(C)(C)C)c(C#N)c2ccccc21. The fraction of sp³-hybridized carbons (Fsp3) is 0.364. The van der Waals surface area contributed by atoms with Gasteiger partial charge in [0.15, 0.2) is 0 Å². The molecule has 27 heavy (non-hydrogen) atoms. The minimum Gasteiger partial charge on any atom is -0.408 e. The van der Waals surface area contributed by atoms with Gasteiger partial charge >= 0.3 is 0 Å². The van der Waals surface area contributed by atoms with Crippen LogP contribution < -0.4 is 0 Å². The van der Waals surface area contributed by atoms with Crippen molar-refractivity contribution in [3.8, 4) is 17.3 Å². The van der Waals surface area contributed by atoms with E-state index in [0.717, 1.165) is 27.7 Å². The van der Waals surface area contributed by atoms with E-state index in [4.69, 9.17) is 4.43 Å². The zero-order valence-electron chi connectivity index (χ0n) is 16.8. The summed E-state index contributed by atoms with van der Waals surface area (Å²) in [4.78, 5) is 4.35. The van der Waals surface area contributed by atoms with Crippen LogP contribution in [0.4, 0.5) is 0 Å². The van der Waals surface area contributed by atoms with Crippen LogP contribution in [0.2, 0.25) is 5.04 Å². The van der Waals surface area contributed by atoms with Crippen LogP contribution in [0, 0.1) is 11.3 Å². The second-order valence-electron chi connectivity index (χ2n) is 8.30. The van der Waals surface area contributed by atoms with Gasteiger partial charge in [-0.3, -0.25) is 4.98 Å². The molecule has 0 aliphatic rings. The molecule has 2 heterocycles. The Balaban J connectivity index is 2.20. The molecule has 3 aromatic rings. The Morgan fingerprint density at radius 3 is 2.48 bits per heavy atom. The summed E-state index contributed by atoms with van der Waals surface area (Å²) in [6, 6.07) is 12.4. The van der Waals surface area contributed by atoms with Crippen LogP contribution in [0.3, 0.4) is 0 Å². The van der Waals surface area contributed by atoms with Crippen LogP contribution in [-0.4, -0.2) is 19.3 Å². The zero-order chi connectivity index (χ0) is 19.8. The molecule has 0 fully saturated rings. The van der Waals surface area contributed by atoms with E-state index < -0.39 is 5.60 Å². The molecule has 2 radical (unpaired) electrons. The minimum absolute atomic E-state index is 0.0991. The van der Waals surface area contributed by atoms with E-state index in [-0.39, 0.29) is 5.04 Å². The lowest BCUT2D eigenvalue weighted by atomic mass is 9.92. The van der Waals surface area contributed by atoms with Gasteiger partial charge in [-0.1, -0.05) is 39.0 Å². The molecule has 0 N–H and O–H groups in total. The van der Waals surface area contributed by atoms with Gasteiger partial charge < -0.3 is 8.99 Å². The van der Waals surface area contributed by atoms with Gasteiger partial charge in [-0.25, -0.2) is 0 Å². The smallest absolute Gasteiger partial charge is 0.236 e. The lowest BCUT2D eigenvalue weighted by Crippen LogP contribution is -2.28. The maximum atomic E-state index is 9.88. The molecule has 1 aromatic carbocycles. The number of para-hydroxylation sites is 1. The molecule has 0 saturated heterocycles. The predicted octanol–water partition coefficient (Wildman–Crippen LogP) is 5.20. The Labute approximate surface area is 163 Å². The van der Waals surface area contributed by atoms with Crippen LogP contribution in [0.15, 0.2) is 42.7 Å².